The maximum Gasteiger partial charge on any atom is 0.322 e. The summed E-state index contributed by atoms with van der Waals surface area (Å²) >= 11 is 0. The van der Waals surface area contributed by atoms with Crippen molar-refractivity contribution >= 4 is 11.6 Å². The highest BCUT2D eigenvalue weighted by molar-refractivity contribution is 5.96. The Hall–Kier alpha value is -2.77. The van der Waals surface area contributed by atoms with Crippen LogP contribution in [0.15, 0.2) is 24.3 Å². The summed E-state index contributed by atoms with van der Waals surface area (Å²) in [5.74, 6) is -1.01. The Bertz CT molecular complexity index is 698. The van der Waals surface area contributed by atoms with Gasteiger partial charge in [0.1, 0.15) is 11.5 Å². The standard InChI is InChI=1S/C13H13FN4O3/c1-8-12(18(20)21)11(16-15-8)13(19)17(2)7-9-4-3-5-10(14)6-9/h3-6H,7H2,1-2H3,(H,15,16). The third-order valence-corrected chi connectivity index (χ3v) is 2.96. The first-order valence-corrected chi connectivity index (χ1v) is 6.09. The van der Waals surface area contributed by atoms with Crippen molar-refractivity contribution in [3.05, 3.63) is 57.1 Å². The Balaban J connectivity index is 2.22. The first-order valence-electron chi connectivity index (χ1n) is 6.09. The van der Waals surface area contributed by atoms with Gasteiger partial charge in [0.2, 0.25) is 5.69 Å². The highest BCUT2D eigenvalue weighted by atomic mass is 19.1. The van der Waals surface area contributed by atoms with E-state index in [1.807, 2.05) is 0 Å². The molecule has 0 unspecified atom stereocenters. The molecule has 2 rings (SSSR count). The fraction of sp³-hybridized carbons (Fsp3) is 0.231. The van der Waals surface area contributed by atoms with E-state index in [0.29, 0.717) is 5.56 Å². The van der Waals surface area contributed by atoms with Crippen LogP contribution in [0.3, 0.4) is 0 Å². The maximum absolute atomic E-state index is 13.1. The van der Waals surface area contributed by atoms with Gasteiger partial charge in [0.05, 0.1) is 4.92 Å². The van der Waals surface area contributed by atoms with Gasteiger partial charge in [-0.2, -0.15) is 5.10 Å². The minimum Gasteiger partial charge on any atom is -0.336 e. The van der Waals surface area contributed by atoms with Crippen molar-refractivity contribution in [2.45, 2.75) is 13.5 Å². The summed E-state index contributed by atoms with van der Waals surface area (Å²) in [5.41, 5.74) is 0.200. The van der Waals surface area contributed by atoms with Crippen molar-refractivity contribution in [1.82, 2.24) is 15.1 Å². The molecule has 21 heavy (non-hydrogen) atoms. The number of rotatable bonds is 4. The van der Waals surface area contributed by atoms with Gasteiger partial charge in [-0.15, -0.1) is 0 Å². The minimum atomic E-state index is -0.651. The van der Waals surface area contributed by atoms with Crippen LogP contribution < -0.4 is 0 Å². The zero-order valence-corrected chi connectivity index (χ0v) is 11.5. The maximum atomic E-state index is 13.1. The molecule has 0 atom stereocenters. The molecule has 1 heterocycles. The summed E-state index contributed by atoms with van der Waals surface area (Å²) in [4.78, 5) is 23.8. The topological polar surface area (TPSA) is 92.1 Å². The van der Waals surface area contributed by atoms with Gasteiger partial charge in [-0.3, -0.25) is 20.0 Å². The summed E-state index contributed by atoms with van der Waals surface area (Å²) in [6.07, 6.45) is 0. The zero-order valence-electron chi connectivity index (χ0n) is 11.5. The van der Waals surface area contributed by atoms with Crippen LogP contribution in [0.4, 0.5) is 10.1 Å². The second-order valence-electron chi connectivity index (χ2n) is 4.59. The fourth-order valence-electron chi connectivity index (χ4n) is 1.96. The monoisotopic (exact) mass is 292 g/mol. The first-order chi connectivity index (χ1) is 9.90. The number of nitro groups is 1. The second kappa shape index (κ2) is 5.70. The zero-order chi connectivity index (χ0) is 15.6. The molecular formula is C13H13FN4O3. The highest BCUT2D eigenvalue weighted by Gasteiger charge is 2.29. The van der Waals surface area contributed by atoms with Crippen molar-refractivity contribution < 1.29 is 14.1 Å². The number of H-pyrrole nitrogens is 1. The Morgan fingerprint density at radius 2 is 2.24 bits per heavy atom. The number of carbonyl (C=O) groups excluding carboxylic acids is 1. The number of aromatic nitrogens is 2. The molecule has 0 saturated heterocycles. The summed E-state index contributed by atoms with van der Waals surface area (Å²) < 4.78 is 13.1. The van der Waals surface area contributed by atoms with E-state index in [1.54, 1.807) is 6.07 Å². The summed E-state index contributed by atoms with van der Waals surface area (Å²) in [5, 5.41) is 17.1. The largest absolute Gasteiger partial charge is 0.336 e. The number of benzene rings is 1. The number of hydrogen-bond acceptors (Lipinski definition) is 4. The molecule has 1 aromatic carbocycles. The smallest absolute Gasteiger partial charge is 0.322 e. The van der Waals surface area contributed by atoms with Crippen LogP contribution >= 0.6 is 0 Å². The van der Waals surface area contributed by atoms with Crippen molar-refractivity contribution in [2.24, 2.45) is 0 Å². The Morgan fingerprint density at radius 1 is 1.52 bits per heavy atom. The van der Waals surface area contributed by atoms with Gasteiger partial charge in [0.15, 0.2) is 0 Å². The molecule has 0 saturated carbocycles. The van der Waals surface area contributed by atoms with Crippen molar-refractivity contribution in [3.63, 3.8) is 0 Å². The molecule has 0 aliphatic carbocycles. The van der Waals surface area contributed by atoms with Crippen molar-refractivity contribution in [1.29, 1.82) is 0 Å². The molecule has 0 aliphatic rings. The molecule has 8 heteroatoms. The van der Waals surface area contributed by atoms with Crippen LogP contribution in [0, 0.1) is 22.9 Å². The average molecular weight is 292 g/mol. The molecule has 2 aromatic rings. The number of carbonyl (C=O) groups is 1. The van der Waals surface area contributed by atoms with Crippen LogP contribution in [0.5, 0.6) is 0 Å². The molecular weight excluding hydrogens is 279 g/mol. The molecule has 0 fully saturated rings. The van der Waals surface area contributed by atoms with E-state index in [1.165, 1.54) is 37.1 Å². The number of hydrogen-bond donors (Lipinski definition) is 1. The number of aromatic amines is 1. The Kier molecular flexibility index (Phi) is 3.97. The normalized spacial score (nSPS) is 10.4. The summed E-state index contributed by atoms with van der Waals surface area (Å²) in [6, 6.07) is 5.79. The number of halogens is 1. The van der Waals surface area contributed by atoms with E-state index in [9.17, 15) is 19.3 Å². The minimum absolute atomic E-state index is 0.125. The SMILES string of the molecule is Cc1[nH]nc(C(=O)N(C)Cc2cccc(F)c2)c1[N+](=O)[O-]. The molecule has 0 aliphatic heterocycles. The number of nitrogens with zero attached hydrogens (tertiary/aromatic N) is 3. The molecule has 1 amide bonds. The van der Waals surface area contributed by atoms with Crippen LogP contribution in [0.25, 0.3) is 0 Å². The lowest BCUT2D eigenvalue weighted by molar-refractivity contribution is -0.385. The lowest BCUT2D eigenvalue weighted by atomic mass is 10.2. The van der Waals surface area contributed by atoms with E-state index in [2.05, 4.69) is 10.2 Å². The van der Waals surface area contributed by atoms with E-state index in [0.717, 1.165) is 0 Å². The molecule has 7 nitrogen and oxygen atoms in total. The number of aryl methyl sites for hydroxylation is 1. The molecule has 1 aromatic heterocycles. The van der Waals surface area contributed by atoms with Gasteiger partial charge >= 0.3 is 5.69 Å². The fourth-order valence-corrected chi connectivity index (χ4v) is 1.96. The van der Waals surface area contributed by atoms with E-state index >= 15 is 0 Å². The van der Waals surface area contributed by atoms with E-state index in [-0.39, 0.29) is 23.6 Å². The number of nitrogens with one attached hydrogen (secondary N) is 1. The molecule has 1 N–H and O–H groups in total. The summed E-state index contributed by atoms with van der Waals surface area (Å²) in [6.45, 7) is 1.59. The van der Waals surface area contributed by atoms with Gasteiger partial charge in [-0.25, -0.2) is 4.39 Å². The van der Waals surface area contributed by atoms with Crippen molar-refractivity contribution in [2.75, 3.05) is 7.05 Å². The molecule has 110 valence electrons. The van der Waals surface area contributed by atoms with Gasteiger partial charge < -0.3 is 4.90 Å². The quantitative estimate of drug-likeness (QED) is 0.689. The van der Waals surface area contributed by atoms with Crippen LogP contribution in [-0.4, -0.2) is 33.0 Å². The molecule has 0 spiro atoms. The third kappa shape index (κ3) is 3.04. The lowest BCUT2D eigenvalue weighted by Gasteiger charge is -2.15. The van der Waals surface area contributed by atoms with E-state index < -0.39 is 16.6 Å². The van der Waals surface area contributed by atoms with Gasteiger partial charge in [-0.05, 0) is 24.6 Å². The van der Waals surface area contributed by atoms with Crippen molar-refractivity contribution in [3.8, 4) is 0 Å². The predicted octanol–water partition coefficient (Wildman–Crippen LogP) is 2.04. The molecule has 0 radical (unpaired) electrons. The third-order valence-electron chi connectivity index (χ3n) is 2.96. The first kappa shape index (κ1) is 14.6. The number of amides is 1. The Labute approximate surface area is 119 Å². The molecule has 0 bridgehead atoms. The highest BCUT2D eigenvalue weighted by Crippen LogP contribution is 2.21. The van der Waals surface area contributed by atoms with Gasteiger partial charge in [0, 0.05) is 13.6 Å². The van der Waals surface area contributed by atoms with E-state index in [4.69, 9.17) is 0 Å². The van der Waals surface area contributed by atoms with Crippen LogP contribution in [-0.2, 0) is 6.54 Å². The average Bonchev–Trinajstić information content (AvgIpc) is 2.79. The second-order valence-corrected chi connectivity index (χ2v) is 4.59. The predicted molar refractivity (Wildman–Crippen MR) is 72.2 cm³/mol. The van der Waals surface area contributed by atoms with Gasteiger partial charge in [0.25, 0.3) is 5.91 Å². The van der Waals surface area contributed by atoms with Crippen LogP contribution in [0.1, 0.15) is 21.7 Å². The summed E-state index contributed by atoms with van der Waals surface area (Å²) in [7, 11) is 1.47. The lowest BCUT2D eigenvalue weighted by Crippen LogP contribution is -2.27. The van der Waals surface area contributed by atoms with Crippen LogP contribution in [0.2, 0.25) is 0 Å². The Morgan fingerprint density at radius 3 is 2.86 bits per heavy atom. The van der Waals surface area contributed by atoms with Gasteiger partial charge in [-0.1, -0.05) is 12.1 Å².